The van der Waals surface area contributed by atoms with Crippen LogP contribution in [0.5, 0.6) is 0 Å². The molecule has 124 valence electrons. The highest BCUT2D eigenvalue weighted by Crippen LogP contribution is 2.19. The highest BCUT2D eigenvalue weighted by atomic mass is 16.5. The van der Waals surface area contributed by atoms with E-state index in [1.807, 2.05) is 69.0 Å². The molecule has 0 spiro atoms. The summed E-state index contributed by atoms with van der Waals surface area (Å²) in [4.78, 5) is 14.1. The van der Waals surface area contributed by atoms with Crippen LogP contribution in [0.3, 0.4) is 0 Å². The van der Waals surface area contributed by atoms with Crippen molar-refractivity contribution in [3.63, 3.8) is 0 Å². The largest absolute Gasteiger partial charge is 0.359 e. The van der Waals surface area contributed by atoms with E-state index in [0.717, 1.165) is 23.6 Å². The lowest BCUT2D eigenvalue weighted by Crippen LogP contribution is -2.45. The lowest BCUT2D eigenvalue weighted by atomic mass is 10.1. The van der Waals surface area contributed by atoms with Gasteiger partial charge in [0.1, 0.15) is 5.69 Å². The van der Waals surface area contributed by atoms with E-state index in [-0.39, 0.29) is 11.4 Å². The summed E-state index contributed by atoms with van der Waals surface area (Å²) in [6.07, 6.45) is 0. The van der Waals surface area contributed by atoms with Gasteiger partial charge in [-0.3, -0.25) is 9.69 Å². The summed E-state index contributed by atoms with van der Waals surface area (Å²) in [5.41, 5.74) is 1.62. The van der Waals surface area contributed by atoms with Crippen LogP contribution in [0.4, 0.5) is 0 Å². The quantitative estimate of drug-likeness (QED) is 0.890. The number of rotatable bonds is 6. The molecular formula is C18H25N3O2. The summed E-state index contributed by atoms with van der Waals surface area (Å²) < 4.78 is 5.41. The molecule has 0 saturated carbocycles. The zero-order chi connectivity index (χ0) is 16.9. The molecule has 2 aromatic rings. The van der Waals surface area contributed by atoms with E-state index in [2.05, 4.69) is 10.5 Å². The van der Waals surface area contributed by atoms with Crippen LogP contribution < -0.4 is 5.32 Å². The van der Waals surface area contributed by atoms with Crippen molar-refractivity contribution in [3.8, 4) is 11.3 Å². The van der Waals surface area contributed by atoms with Gasteiger partial charge in [-0.1, -0.05) is 42.4 Å². The first kappa shape index (κ1) is 17.2. The molecule has 23 heavy (non-hydrogen) atoms. The number of benzene rings is 1. The zero-order valence-corrected chi connectivity index (χ0v) is 14.3. The molecular weight excluding hydrogens is 290 g/mol. The van der Waals surface area contributed by atoms with E-state index in [0.29, 0.717) is 13.1 Å². The van der Waals surface area contributed by atoms with Crippen LogP contribution in [0.1, 0.15) is 33.5 Å². The summed E-state index contributed by atoms with van der Waals surface area (Å²) in [5, 5.41) is 7.08. The fourth-order valence-corrected chi connectivity index (χ4v) is 2.29. The molecule has 0 fully saturated rings. The monoisotopic (exact) mass is 315 g/mol. The smallest absolute Gasteiger partial charge is 0.234 e. The van der Waals surface area contributed by atoms with Gasteiger partial charge in [-0.05, 0) is 27.3 Å². The third-order valence-electron chi connectivity index (χ3n) is 3.34. The van der Waals surface area contributed by atoms with E-state index in [9.17, 15) is 4.79 Å². The number of carbonyl (C=O) groups excluding carboxylic acids is 1. The molecule has 0 atom stereocenters. The number of aromatic nitrogens is 1. The van der Waals surface area contributed by atoms with Crippen LogP contribution in [0.15, 0.2) is 40.9 Å². The Morgan fingerprint density at radius 1 is 1.26 bits per heavy atom. The van der Waals surface area contributed by atoms with Gasteiger partial charge >= 0.3 is 0 Å². The molecule has 1 amide bonds. The molecule has 0 bridgehead atoms. The van der Waals surface area contributed by atoms with Crippen LogP contribution in [0.25, 0.3) is 11.3 Å². The Bertz CT molecular complexity index is 629. The van der Waals surface area contributed by atoms with E-state index >= 15 is 0 Å². The maximum absolute atomic E-state index is 12.0. The Morgan fingerprint density at radius 2 is 1.96 bits per heavy atom. The molecule has 0 aliphatic carbocycles. The second-order valence-electron chi connectivity index (χ2n) is 6.65. The molecule has 2 rings (SSSR count). The second-order valence-corrected chi connectivity index (χ2v) is 6.65. The molecule has 0 aliphatic rings. The lowest BCUT2D eigenvalue weighted by molar-refractivity contribution is -0.123. The van der Waals surface area contributed by atoms with E-state index in [1.54, 1.807) is 0 Å². The van der Waals surface area contributed by atoms with Crippen molar-refractivity contribution < 1.29 is 9.32 Å². The predicted molar refractivity (Wildman–Crippen MR) is 90.8 cm³/mol. The molecule has 1 heterocycles. The van der Waals surface area contributed by atoms with Crippen LogP contribution in [-0.2, 0) is 11.3 Å². The van der Waals surface area contributed by atoms with Crippen molar-refractivity contribution in [1.82, 2.24) is 15.4 Å². The lowest BCUT2D eigenvalue weighted by Gasteiger charge is -2.24. The number of hydrogen-bond acceptors (Lipinski definition) is 4. The number of nitrogens with zero attached hydrogens (tertiary/aromatic N) is 2. The highest BCUT2D eigenvalue weighted by molar-refractivity contribution is 5.78. The summed E-state index contributed by atoms with van der Waals surface area (Å²) in [6, 6.07) is 11.8. The van der Waals surface area contributed by atoms with Gasteiger partial charge in [0, 0.05) is 17.2 Å². The number of hydrogen-bond donors (Lipinski definition) is 1. The first-order valence-corrected chi connectivity index (χ1v) is 7.92. The number of amides is 1. The molecule has 5 nitrogen and oxygen atoms in total. The SMILES string of the molecule is CCN(CC(=O)NC(C)(C)C)Cc1cc(-c2ccccc2)no1. The van der Waals surface area contributed by atoms with Gasteiger partial charge in [-0.15, -0.1) is 0 Å². The minimum Gasteiger partial charge on any atom is -0.359 e. The number of carbonyl (C=O) groups is 1. The minimum atomic E-state index is -0.219. The Morgan fingerprint density at radius 3 is 2.57 bits per heavy atom. The normalized spacial score (nSPS) is 11.7. The van der Waals surface area contributed by atoms with Crippen LogP contribution in [0, 0.1) is 0 Å². The molecule has 1 aromatic heterocycles. The fourth-order valence-electron chi connectivity index (χ4n) is 2.29. The van der Waals surface area contributed by atoms with Gasteiger partial charge in [0.25, 0.3) is 0 Å². The Labute approximate surface area is 137 Å². The Kier molecular flexibility index (Phi) is 5.55. The van der Waals surface area contributed by atoms with Gasteiger partial charge in [0.2, 0.25) is 5.91 Å². The molecule has 0 unspecified atom stereocenters. The van der Waals surface area contributed by atoms with Crippen LogP contribution in [0.2, 0.25) is 0 Å². The number of likely N-dealkylation sites (N-methyl/N-ethyl adjacent to an activating group) is 1. The summed E-state index contributed by atoms with van der Waals surface area (Å²) in [7, 11) is 0. The third-order valence-corrected chi connectivity index (χ3v) is 3.34. The maximum Gasteiger partial charge on any atom is 0.234 e. The van der Waals surface area contributed by atoms with Gasteiger partial charge in [0.05, 0.1) is 13.1 Å². The fraction of sp³-hybridized carbons (Fsp3) is 0.444. The van der Waals surface area contributed by atoms with Gasteiger partial charge in [0.15, 0.2) is 5.76 Å². The average molecular weight is 315 g/mol. The summed E-state index contributed by atoms with van der Waals surface area (Å²) in [5.74, 6) is 0.774. The van der Waals surface area contributed by atoms with Gasteiger partial charge in [-0.25, -0.2) is 0 Å². The molecule has 0 aliphatic heterocycles. The van der Waals surface area contributed by atoms with E-state index in [1.165, 1.54) is 0 Å². The topological polar surface area (TPSA) is 58.4 Å². The zero-order valence-electron chi connectivity index (χ0n) is 14.3. The summed E-state index contributed by atoms with van der Waals surface area (Å²) >= 11 is 0. The molecule has 1 N–H and O–H groups in total. The maximum atomic E-state index is 12.0. The van der Waals surface area contributed by atoms with Crippen molar-refractivity contribution in [1.29, 1.82) is 0 Å². The van der Waals surface area contributed by atoms with Crippen LogP contribution >= 0.6 is 0 Å². The summed E-state index contributed by atoms with van der Waals surface area (Å²) in [6.45, 7) is 9.62. The van der Waals surface area contributed by atoms with Crippen molar-refractivity contribution in [2.75, 3.05) is 13.1 Å². The first-order valence-electron chi connectivity index (χ1n) is 7.92. The first-order chi connectivity index (χ1) is 10.9. The molecule has 1 aromatic carbocycles. The standard InChI is InChI=1S/C18H25N3O2/c1-5-21(13-17(22)19-18(2,3)4)12-15-11-16(20-23-15)14-9-7-6-8-10-14/h6-11H,5,12-13H2,1-4H3,(H,19,22). The highest BCUT2D eigenvalue weighted by Gasteiger charge is 2.17. The Hall–Kier alpha value is -2.14. The molecule has 0 radical (unpaired) electrons. The van der Waals surface area contributed by atoms with Crippen molar-refractivity contribution in [2.24, 2.45) is 0 Å². The number of nitrogens with one attached hydrogen (secondary N) is 1. The van der Waals surface area contributed by atoms with E-state index < -0.39 is 0 Å². The van der Waals surface area contributed by atoms with Crippen molar-refractivity contribution >= 4 is 5.91 Å². The average Bonchev–Trinajstić information content (AvgIpc) is 2.94. The minimum absolute atomic E-state index is 0.0159. The molecule has 5 heteroatoms. The van der Waals surface area contributed by atoms with Crippen LogP contribution in [-0.4, -0.2) is 34.6 Å². The van der Waals surface area contributed by atoms with Gasteiger partial charge < -0.3 is 9.84 Å². The second kappa shape index (κ2) is 7.42. The van der Waals surface area contributed by atoms with E-state index in [4.69, 9.17) is 4.52 Å². The van der Waals surface area contributed by atoms with Crippen molar-refractivity contribution in [3.05, 3.63) is 42.2 Å². The third kappa shape index (κ3) is 5.53. The predicted octanol–water partition coefficient (Wildman–Crippen LogP) is 3.08. The van der Waals surface area contributed by atoms with Gasteiger partial charge in [-0.2, -0.15) is 0 Å². The molecule has 0 saturated heterocycles. The van der Waals surface area contributed by atoms with Crippen molar-refractivity contribution in [2.45, 2.75) is 39.8 Å². The Balaban J connectivity index is 1.97.